The Morgan fingerprint density at radius 3 is 3.11 bits per heavy atom. The van der Waals surface area contributed by atoms with E-state index in [0.29, 0.717) is 17.9 Å². The Morgan fingerprint density at radius 2 is 2.32 bits per heavy atom. The molecule has 6 heteroatoms. The quantitative estimate of drug-likeness (QED) is 0.784. The number of hydrogen-bond acceptors (Lipinski definition) is 4. The van der Waals surface area contributed by atoms with Gasteiger partial charge in [-0.15, -0.1) is 0 Å². The molecule has 0 atom stereocenters. The molecular formula is C13H12FN5. The van der Waals surface area contributed by atoms with E-state index >= 15 is 0 Å². The van der Waals surface area contributed by atoms with Crippen LogP contribution in [0.15, 0.2) is 37.0 Å². The van der Waals surface area contributed by atoms with Gasteiger partial charge in [0.15, 0.2) is 11.6 Å². The third-order valence-corrected chi connectivity index (χ3v) is 2.83. The SMILES string of the molecule is [2H]c1cc2ncn(CC)c2c(Nc2ccncc2F)n1. The van der Waals surface area contributed by atoms with Crippen LogP contribution in [0.3, 0.4) is 0 Å². The molecule has 96 valence electrons. The average molecular weight is 258 g/mol. The van der Waals surface area contributed by atoms with E-state index in [2.05, 4.69) is 20.3 Å². The number of halogens is 1. The third kappa shape index (κ3) is 2.01. The zero-order valence-electron chi connectivity index (χ0n) is 11.3. The second kappa shape index (κ2) is 4.64. The Balaban J connectivity index is 2.15. The van der Waals surface area contributed by atoms with Crippen molar-refractivity contribution in [1.82, 2.24) is 19.5 Å². The summed E-state index contributed by atoms with van der Waals surface area (Å²) in [5.74, 6) is -0.0580. The predicted octanol–water partition coefficient (Wildman–Crippen LogP) is 2.73. The number of rotatable bonds is 3. The highest BCUT2D eigenvalue weighted by molar-refractivity contribution is 5.88. The summed E-state index contributed by atoms with van der Waals surface area (Å²) in [6, 6.07) is 3.10. The number of nitrogens with zero attached hydrogens (tertiary/aromatic N) is 4. The number of imidazole rings is 1. The molecule has 0 fully saturated rings. The highest BCUT2D eigenvalue weighted by atomic mass is 19.1. The first-order valence-corrected chi connectivity index (χ1v) is 5.88. The van der Waals surface area contributed by atoms with Crippen molar-refractivity contribution >= 4 is 22.5 Å². The van der Waals surface area contributed by atoms with Crippen molar-refractivity contribution in [2.24, 2.45) is 0 Å². The second-order valence-corrected chi connectivity index (χ2v) is 3.98. The Bertz CT molecular complexity index is 771. The van der Waals surface area contributed by atoms with Crippen LogP contribution in [-0.2, 0) is 6.54 Å². The van der Waals surface area contributed by atoms with Crippen molar-refractivity contribution in [2.75, 3.05) is 5.32 Å². The molecule has 0 saturated heterocycles. The lowest BCUT2D eigenvalue weighted by atomic mass is 10.3. The Morgan fingerprint density at radius 1 is 1.42 bits per heavy atom. The summed E-state index contributed by atoms with van der Waals surface area (Å²) in [5, 5.41) is 2.91. The van der Waals surface area contributed by atoms with Gasteiger partial charge in [-0.2, -0.15) is 0 Å². The molecule has 0 unspecified atom stereocenters. The number of anilines is 2. The van der Waals surface area contributed by atoms with Crippen LogP contribution in [0.4, 0.5) is 15.9 Å². The molecule has 3 aromatic heterocycles. The van der Waals surface area contributed by atoms with E-state index in [1.807, 2.05) is 11.5 Å². The van der Waals surface area contributed by atoms with Gasteiger partial charge in [-0.25, -0.2) is 14.4 Å². The van der Waals surface area contributed by atoms with E-state index < -0.39 is 5.82 Å². The van der Waals surface area contributed by atoms with Gasteiger partial charge in [0.1, 0.15) is 5.52 Å². The molecule has 3 rings (SSSR count). The predicted molar refractivity (Wildman–Crippen MR) is 70.7 cm³/mol. The van der Waals surface area contributed by atoms with Crippen LogP contribution in [0.25, 0.3) is 11.0 Å². The largest absolute Gasteiger partial charge is 0.336 e. The van der Waals surface area contributed by atoms with Crippen molar-refractivity contribution in [1.29, 1.82) is 0 Å². The molecule has 5 nitrogen and oxygen atoms in total. The molecule has 3 aromatic rings. The Labute approximate surface area is 110 Å². The van der Waals surface area contributed by atoms with Gasteiger partial charge in [0, 0.05) is 18.9 Å². The van der Waals surface area contributed by atoms with Gasteiger partial charge >= 0.3 is 0 Å². The minimum absolute atomic E-state index is 0.0795. The lowest BCUT2D eigenvalue weighted by Gasteiger charge is -2.09. The van der Waals surface area contributed by atoms with Crippen molar-refractivity contribution in [3.8, 4) is 0 Å². The van der Waals surface area contributed by atoms with E-state index in [9.17, 15) is 4.39 Å². The molecule has 0 radical (unpaired) electrons. The zero-order chi connectivity index (χ0) is 14.1. The second-order valence-electron chi connectivity index (χ2n) is 3.98. The van der Waals surface area contributed by atoms with E-state index in [4.69, 9.17) is 1.37 Å². The van der Waals surface area contributed by atoms with Crippen LogP contribution in [0, 0.1) is 5.82 Å². The smallest absolute Gasteiger partial charge is 0.164 e. The van der Waals surface area contributed by atoms with Crippen molar-refractivity contribution < 1.29 is 5.76 Å². The summed E-state index contributed by atoms with van der Waals surface area (Å²) in [5.41, 5.74) is 1.67. The van der Waals surface area contributed by atoms with Gasteiger partial charge in [-0.1, -0.05) is 0 Å². The molecule has 0 bridgehead atoms. The van der Waals surface area contributed by atoms with Crippen LogP contribution >= 0.6 is 0 Å². The monoisotopic (exact) mass is 258 g/mol. The Hall–Kier alpha value is -2.50. The molecule has 0 amide bonds. The lowest BCUT2D eigenvalue weighted by molar-refractivity contribution is 0.625. The molecule has 0 aromatic carbocycles. The zero-order valence-corrected chi connectivity index (χ0v) is 10.3. The number of aryl methyl sites for hydroxylation is 1. The molecule has 0 aliphatic rings. The minimum atomic E-state index is -0.472. The van der Waals surface area contributed by atoms with Crippen LogP contribution in [0.2, 0.25) is 0 Å². The van der Waals surface area contributed by atoms with Crippen molar-refractivity contribution in [2.45, 2.75) is 13.5 Å². The highest BCUT2D eigenvalue weighted by Gasteiger charge is 2.10. The topological polar surface area (TPSA) is 55.6 Å². The summed E-state index contributed by atoms with van der Waals surface area (Å²) >= 11 is 0. The van der Waals surface area contributed by atoms with E-state index in [0.717, 1.165) is 11.7 Å². The fraction of sp³-hybridized carbons (Fsp3) is 0.154. The molecular weight excluding hydrogens is 245 g/mol. The maximum absolute atomic E-state index is 13.7. The van der Waals surface area contributed by atoms with Crippen LogP contribution in [-0.4, -0.2) is 19.5 Å². The number of fused-ring (bicyclic) bond motifs is 1. The van der Waals surface area contributed by atoms with Gasteiger partial charge in [-0.05, 0) is 19.1 Å². The molecule has 1 N–H and O–H groups in total. The van der Waals surface area contributed by atoms with Gasteiger partial charge in [0.2, 0.25) is 0 Å². The average Bonchev–Trinajstić information content (AvgIpc) is 2.84. The van der Waals surface area contributed by atoms with E-state index in [-0.39, 0.29) is 11.9 Å². The molecule has 0 spiro atoms. The summed E-state index contributed by atoms with van der Waals surface area (Å²) < 4.78 is 23.3. The first kappa shape index (κ1) is 10.4. The van der Waals surface area contributed by atoms with Crippen LogP contribution < -0.4 is 5.32 Å². The number of nitrogens with one attached hydrogen (secondary N) is 1. The molecule has 0 saturated carbocycles. The molecule has 0 aliphatic heterocycles. The lowest BCUT2D eigenvalue weighted by Crippen LogP contribution is -2.00. The summed E-state index contributed by atoms with van der Waals surface area (Å²) in [4.78, 5) is 12.1. The first-order chi connectivity index (χ1) is 9.69. The molecule has 3 heterocycles. The van der Waals surface area contributed by atoms with E-state index in [1.54, 1.807) is 12.4 Å². The van der Waals surface area contributed by atoms with Gasteiger partial charge in [-0.3, -0.25) is 4.98 Å². The standard InChI is InChI=1S/C13H12FN5/c1-2-19-8-17-11-4-6-16-13(12(11)19)18-10-3-5-15-7-9(10)14/h3-8H,2H2,1H3,(H,15,16,18)/i6D. The maximum atomic E-state index is 13.7. The van der Waals surface area contributed by atoms with Crippen molar-refractivity contribution in [3.63, 3.8) is 0 Å². The Kier molecular flexibility index (Phi) is 2.55. The van der Waals surface area contributed by atoms with E-state index in [1.165, 1.54) is 12.3 Å². The van der Waals surface area contributed by atoms with Crippen LogP contribution in [0.5, 0.6) is 0 Å². The normalized spacial score (nSPS) is 11.6. The van der Waals surface area contributed by atoms with Crippen molar-refractivity contribution in [3.05, 3.63) is 42.8 Å². The summed E-state index contributed by atoms with van der Waals surface area (Å²) in [6.45, 7) is 2.69. The van der Waals surface area contributed by atoms with Gasteiger partial charge < -0.3 is 9.88 Å². The van der Waals surface area contributed by atoms with Crippen LogP contribution in [0.1, 0.15) is 8.29 Å². The third-order valence-electron chi connectivity index (χ3n) is 2.83. The first-order valence-electron chi connectivity index (χ1n) is 6.38. The fourth-order valence-corrected chi connectivity index (χ4v) is 1.90. The summed E-state index contributed by atoms with van der Waals surface area (Å²) in [6.07, 6.45) is 4.38. The van der Waals surface area contributed by atoms with Gasteiger partial charge in [0.05, 0.1) is 25.1 Å². The number of hydrogen-bond donors (Lipinski definition) is 1. The minimum Gasteiger partial charge on any atom is -0.336 e. The van der Waals surface area contributed by atoms with Gasteiger partial charge in [0.25, 0.3) is 0 Å². The molecule has 19 heavy (non-hydrogen) atoms. The fourth-order valence-electron chi connectivity index (χ4n) is 1.90. The summed E-state index contributed by atoms with van der Waals surface area (Å²) in [7, 11) is 0. The number of pyridine rings is 2. The highest BCUT2D eigenvalue weighted by Crippen LogP contribution is 2.24. The molecule has 0 aliphatic carbocycles. The number of aromatic nitrogens is 4. The maximum Gasteiger partial charge on any atom is 0.164 e.